The van der Waals surface area contributed by atoms with Gasteiger partial charge in [0.1, 0.15) is 16.5 Å². The fourth-order valence-electron chi connectivity index (χ4n) is 1.74. The van der Waals surface area contributed by atoms with Crippen LogP contribution in [0.1, 0.15) is 24.3 Å². The number of rotatable bonds is 5. The summed E-state index contributed by atoms with van der Waals surface area (Å²) in [5.74, 6) is -1.20. The van der Waals surface area contributed by atoms with Crippen LogP contribution in [0.15, 0.2) is 12.1 Å². The van der Waals surface area contributed by atoms with E-state index in [1.165, 1.54) is 12.1 Å². The monoisotopic (exact) mass is 313 g/mol. The molecule has 1 aromatic heterocycles. The molecule has 2 aromatic rings. The molecule has 0 spiro atoms. The van der Waals surface area contributed by atoms with Crippen LogP contribution in [0.4, 0.5) is 4.39 Å². The molecule has 1 aromatic carbocycles. The fourth-order valence-corrected chi connectivity index (χ4v) is 1.96. The van der Waals surface area contributed by atoms with Crippen LogP contribution >= 0.6 is 11.6 Å². The second-order valence-electron chi connectivity index (χ2n) is 3.91. The summed E-state index contributed by atoms with van der Waals surface area (Å²) in [5, 5.41) is 9.59. The third-order valence-corrected chi connectivity index (χ3v) is 2.97. The molecule has 2 rings (SSSR count). The maximum absolute atomic E-state index is 14.3. The summed E-state index contributed by atoms with van der Waals surface area (Å²) in [7, 11) is 0. The Morgan fingerprint density at radius 2 is 2.10 bits per heavy atom. The van der Waals surface area contributed by atoms with Crippen molar-refractivity contribution in [3.8, 4) is 17.0 Å². The molecule has 6 nitrogen and oxygen atoms in total. The van der Waals surface area contributed by atoms with Gasteiger partial charge in [0.2, 0.25) is 0 Å². The Balaban J connectivity index is 2.46. The van der Waals surface area contributed by atoms with E-state index in [4.69, 9.17) is 21.1 Å². The van der Waals surface area contributed by atoms with Crippen molar-refractivity contribution in [3.05, 3.63) is 28.7 Å². The van der Waals surface area contributed by atoms with E-state index in [-0.39, 0.29) is 34.3 Å². The summed E-state index contributed by atoms with van der Waals surface area (Å²) >= 11 is 5.91. The molecule has 0 fully saturated rings. The van der Waals surface area contributed by atoms with Crippen LogP contribution in [0.5, 0.6) is 5.75 Å². The minimum atomic E-state index is -0.734. The first kappa shape index (κ1) is 15.2. The number of aromatic nitrogens is 3. The average molecular weight is 314 g/mol. The van der Waals surface area contributed by atoms with E-state index in [0.29, 0.717) is 6.61 Å². The van der Waals surface area contributed by atoms with E-state index in [1.807, 2.05) is 0 Å². The topological polar surface area (TPSA) is 77.1 Å². The van der Waals surface area contributed by atoms with E-state index >= 15 is 0 Å². The number of esters is 1. The molecule has 0 aliphatic rings. The van der Waals surface area contributed by atoms with Crippen molar-refractivity contribution in [2.24, 2.45) is 0 Å². The molecule has 1 N–H and O–H groups in total. The van der Waals surface area contributed by atoms with Crippen LogP contribution < -0.4 is 4.74 Å². The largest absolute Gasteiger partial charge is 0.492 e. The second kappa shape index (κ2) is 6.53. The van der Waals surface area contributed by atoms with Crippen molar-refractivity contribution in [3.63, 3.8) is 0 Å². The standard InChI is InChI=1S/C13H13ClFN3O3/c1-3-20-8-6-5-7(10(15)9(8)14)11-12(17-18-16-11)13(19)21-4-2/h5-6H,3-4H2,1-2H3,(H,16,17,18). The first-order chi connectivity index (χ1) is 10.1. The van der Waals surface area contributed by atoms with Gasteiger partial charge in [-0.3, -0.25) is 0 Å². The van der Waals surface area contributed by atoms with Gasteiger partial charge in [-0.05, 0) is 26.0 Å². The van der Waals surface area contributed by atoms with Crippen molar-refractivity contribution in [1.82, 2.24) is 15.4 Å². The second-order valence-corrected chi connectivity index (χ2v) is 4.29. The molecule has 0 unspecified atom stereocenters. The molecule has 0 aliphatic carbocycles. The van der Waals surface area contributed by atoms with Crippen LogP contribution in [-0.4, -0.2) is 34.6 Å². The van der Waals surface area contributed by atoms with Crippen molar-refractivity contribution in [2.45, 2.75) is 13.8 Å². The molecule has 0 radical (unpaired) electrons. The number of halogens is 2. The van der Waals surface area contributed by atoms with Gasteiger partial charge >= 0.3 is 5.97 Å². The quantitative estimate of drug-likeness (QED) is 0.859. The van der Waals surface area contributed by atoms with Gasteiger partial charge in [-0.25, -0.2) is 9.18 Å². The predicted octanol–water partition coefficient (Wildman–Crippen LogP) is 2.84. The zero-order chi connectivity index (χ0) is 15.4. The summed E-state index contributed by atoms with van der Waals surface area (Å²) in [6.07, 6.45) is 0. The van der Waals surface area contributed by atoms with Gasteiger partial charge in [-0.2, -0.15) is 10.3 Å². The van der Waals surface area contributed by atoms with Crippen molar-refractivity contribution < 1.29 is 18.7 Å². The zero-order valence-corrected chi connectivity index (χ0v) is 12.2. The molecule has 0 saturated carbocycles. The SMILES string of the molecule is CCOC(=O)c1n[nH]nc1-c1ccc(OCC)c(Cl)c1F. The summed E-state index contributed by atoms with van der Waals surface area (Å²) < 4.78 is 24.4. The van der Waals surface area contributed by atoms with Gasteiger partial charge in [0.15, 0.2) is 11.5 Å². The van der Waals surface area contributed by atoms with E-state index < -0.39 is 11.8 Å². The molecule has 0 saturated heterocycles. The van der Waals surface area contributed by atoms with Gasteiger partial charge in [0.25, 0.3) is 0 Å². The lowest BCUT2D eigenvalue weighted by Gasteiger charge is -2.09. The van der Waals surface area contributed by atoms with Gasteiger partial charge in [-0.15, -0.1) is 5.10 Å². The minimum Gasteiger partial charge on any atom is -0.492 e. The number of nitrogens with one attached hydrogen (secondary N) is 1. The molecule has 1 heterocycles. The maximum Gasteiger partial charge on any atom is 0.361 e. The van der Waals surface area contributed by atoms with Crippen LogP contribution in [-0.2, 0) is 4.74 Å². The highest BCUT2D eigenvalue weighted by Crippen LogP contribution is 2.34. The Bertz CT molecular complexity index is 660. The number of ether oxygens (including phenoxy) is 2. The van der Waals surface area contributed by atoms with Crippen LogP contribution in [0.3, 0.4) is 0 Å². The highest BCUT2D eigenvalue weighted by Gasteiger charge is 2.23. The maximum atomic E-state index is 14.3. The van der Waals surface area contributed by atoms with E-state index in [1.54, 1.807) is 13.8 Å². The lowest BCUT2D eigenvalue weighted by atomic mass is 10.1. The predicted molar refractivity (Wildman–Crippen MR) is 73.9 cm³/mol. The summed E-state index contributed by atoms with van der Waals surface area (Å²) in [6.45, 7) is 3.96. The molecule has 0 atom stereocenters. The van der Waals surface area contributed by atoms with Crippen molar-refractivity contribution in [1.29, 1.82) is 0 Å². The fraction of sp³-hybridized carbons (Fsp3) is 0.308. The zero-order valence-electron chi connectivity index (χ0n) is 11.4. The molecule has 8 heteroatoms. The van der Waals surface area contributed by atoms with E-state index in [0.717, 1.165) is 0 Å². The molecule has 0 amide bonds. The molecular weight excluding hydrogens is 301 g/mol. The average Bonchev–Trinajstić information content (AvgIpc) is 2.94. The van der Waals surface area contributed by atoms with Crippen LogP contribution in [0.25, 0.3) is 11.3 Å². The number of aromatic amines is 1. The Morgan fingerprint density at radius 3 is 2.76 bits per heavy atom. The molecule has 0 aliphatic heterocycles. The minimum absolute atomic E-state index is 0.0379. The van der Waals surface area contributed by atoms with E-state index in [2.05, 4.69) is 15.4 Å². The normalized spacial score (nSPS) is 10.5. The smallest absolute Gasteiger partial charge is 0.361 e. The van der Waals surface area contributed by atoms with Gasteiger partial charge in [0.05, 0.1) is 13.2 Å². The third kappa shape index (κ3) is 2.97. The number of hydrogen-bond donors (Lipinski definition) is 1. The van der Waals surface area contributed by atoms with Crippen LogP contribution in [0.2, 0.25) is 5.02 Å². The highest BCUT2D eigenvalue weighted by atomic mass is 35.5. The van der Waals surface area contributed by atoms with Crippen molar-refractivity contribution in [2.75, 3.05) is 13.2 Å². The van der Waals surface area contributed by atoms with Gasteiger partial charge < -0.3 is 9.47 Å². The Morgan fingerprint density at radius 1 is 1.33 bits per heavy atom. The first-order valence-electron chi connectivity index (χ1n) is 6.29. The number of H-pyrrole nitrogens is 1. The first-order valence-corrected chi connectivity index (χ1v) is 6.66. The van der Waals surface area contributed by atoms with Crippen molar-refractivity contribution >= 4 is 17.6 Å². The highest BCUT2D eigenvalue weighted by molar-refractivity contribution is 6.32. The molecular formula is C13H13ClFN3O3. The van der Waals surface area contributed by atoms with Gasteiger partial charge in [-0.1, -0.05) is 11.6 Å². The Labute approximate surface area is 125 Å². The molecule has 0 bridgehead atoms. The summed E-state index contributed by atoms with van der Waals surface area (Å²) in [4.78, 5) is 11.7. The number of carbonyl (C=O) groups is 1. The van der Waals surface area contributed by atoms with Gasteiger partial charge in [0, 0.05) is 5.56 Å². The summed E-state index contributed by atoms with van der Waals surface area (Å²) in [6, 6.07) is 2.93. The third-order valence-electron chi connectivity index (χ3n) is 2.62. The van der Waals surface area contributed by atoms with E-state index in [9.17, 15) is 9.18 Å². The summed E-state index contributed by atoms with van der Waals surface area (Å²) in [5.41, 5.74) is -0.0212. The number of benzene rings is 1. The Hall–Kier alpha value is -2.15. The lowest BCUT2D eigenvalue weighted by Crippen LogP contribution is -2.07. The number of nitrogens with zero attached hydrogens (tertiary/aromatic N) is 2. The molecule has 21 heavy (non-hydrogen) atoms. The Kier molecular flexibility index (Phi) is 4.74. The van der Waals surface area contributed by atoms with Crippen LogP contribution in [0, 0.1) is 5.82 Å². The lowest BCUT2D eigenvalue weighted by molar-refractivity contribution is 0.0520. The number of carbonyl (C=O) groups excluding carboxylic acids is 1. The molecule has 112 valence electrons. The number of hydrogen-bond acceptors (Lipinski definition) is 5.